The maximum Gasteiger partial charge on any atom is 0.530 e. The molecule has 14 heteroatoms. The molecule has 0 atom stereocenters. The summed E-state index contributed by atoms with van der Waals surface area (Å²) in [5.41, 5.74) is 9.13. The molecule has 0 saturated carbocycles. The Morgan fingerprint density at radius 3 is 2.37 bits per heavy atom. The lowest BCUT2D eigenvalue weighted by molar-refractivity contribution is 0.1000. The van der Waals surface area contributed by atoms with E-state index in [0.29, 0.717) is 41.2 Å². The van der Waals surface area contributed by atoms with Crippen molar-refractivity contribution in [3.8, 4) is 11.5 Å². The van der Waals surface area contributed by atoms with Gasteiger partial charge < -0.3 is 29.8 Å². The Hall–Kier alpha value is -3.90. The second kappa shape index (κ2) is 12.7. The Balaban J connectivity index is 1.65. The lowest BCUT2D eigenvalue weighted by Crippen LogP contribution is -2.21. The van der Waals surface area contributed by atoms with Crippen molar-refractivity contribution in [1.82, 2.24) is 19.3 Å². The molecule has 41 heavy (non-hydrogen) atoms. The van der Waals surface area contributed by atoms with Crippen molar-refractivity contribution < 1.29 is 27.7 Å². The highest BCUT2D eigenvalue weighted by molar-refractivity contribution is 7.48. The van der Waals surface area contributed by atoms with Crippen molar-refractivity contribution in [1.29, 1.82) is 0 Å². The number of aryl methyl sites for hydroxylation is 4. The second-order valence-corrected chi connectivity index (χ2v) is 10.8. The van der Waals surface area contributed by atoms with Crippen molar-refractivity contribution in [2.45, 2.75) is 40.3 Å². The molecule has 0 spiro atoms. The van der Waals surface area contributed by atoms with E-state index in [0.717, 1.165) is 16.3 Å². The van der Waals surface area contributed by atoms with Crippen LogP contribution in [0.3, 0.4) is 0 Å². The Bertz CT molecular complexity index is 1560. The van der Waals surface area contributed by atoms with Gasteiger partial charge in [-0.1, -0.05) is 12.1 Å². The molecule has 220 valence electrons. The summed E-state index contributed by atoms with van der Waals surface area (Å²) >= 11 is 0. The van der Waals surface area contributed by atoms with Crippen molar-refractivity contribution >= 4 is 30.7 Å². The predicted molar refractivity (Wildman–Crippen MR) is 154 cm³/mol. The number of nitrogens with zero attached hydrogens (tertiary/aromatic N) is 5. The molecule has 2 aromatic carbocycles. The quantitative estimate of drug-likeness (QED) is 0.165. The summed E-state index contributed by atoms with van der Waals surface area (Å²) in [5.74, 6) is 0.219. The molecule has 0 unspecified atom stereocenters. The zero-order chi connectivity index (χ0) is 29.7. The summed E-state index contributed by atoms with van der Waals surface area (Å²) in [4.78, 5) is 16.5. The van der Waals surface area contributed by atoms with Crippen LogP contribution < -0.4 is 20.1 Å². The van der Waals surface area contributed by atoms with Crippen LogP contribution in [0.5, 0.6) is 11.5 Å². The van der Waals surface area contributed by atoms with Gasteiger partial charge in [-0.3, -0.25) is 18.5 Å². The van der Waals surface area contributed by atoms with Gasteiger partial charge in [-0.2, -0.15) is 5.10 Å². The molecule has 0 bridgehead atoms. The molecule has 0 radical (unpaired) electrons. The van der Waals surface area contributed by atoms with E-state index in [4.69, 9.17) is 24.0 Å². The normalized spacial score (nSPS) is 11.7. The molecule has 2 heterocycles. The summed E-state index contributed by atoms with van der Waals surface area (Å²) in [6.45, 7) is 5.99. The first kappa shape index (κ1) is 30.1. The molecule has 0 aliphatic carbocycles. The summed E-state index contributed by atoms with van der Waals surface area (Å²) < 4.78 is 37.6. The Labute approximate surface area is 238 Å². The molecule has 0 saturated heterocycles. The first-order valence-corrected chi connectivity index (χ1v) is 14.5. The number of carbonyl (C=O) groups excluding carboxylic acids is 1. The Morgan fingerprint density at radius 1 is 1.12 bits per heavy atom. The third-order valence-electron chi connectivity index (χ3n) is 6.26. The summed E-state index contributed by atoms with van der Waals surface area (Å²) in [7, 11) is -0.461. The van der Waals surface area contributed by atoms with E-state index in [1.165, 1.54) is 13.2 Å². The molecule has 2 aromatic heterocycles. The van der Waals surface area contributed by atoms with Crippen molar-refractivity contribution in [3.05, 3.63) is 70.2 Å². The van der Waals surface area contributed by atoms with E-state index in [1.807, 2.05) is 25.1 Å². The number of benzene rings is 2. The molecule has 0 aliphatic rings. The molecule has 1 amide bonds. The van der Waals surface area contributed by atoms with Gasteiger partial charge in [0.25, 0.3) is 0 Å². The largest absolute Gasteiger partial charge is 0.756 e. The highest BCUT2D eigenvalue weighted by Crippen LogP contribution is 2.49. The number of phosphoric acid groups is 1. The van der Waals surface area contributed by atoms with Crippen molar-refractivity contribution in [2.75, 3.05) is 25.4 Å². The van der Waals surface area contributed by atoms with Gasteiger partial charge in [-0.05, 0) is 63.1 Å². The van der Waals surface area contributed by atoms with Crippen LogP contribution in [0.25, 0.3) is 11.0 Å². The van der Waals surface area contributed by atoms with Crippen LogP contribution in [-0.2, 0) is 40.2 Å². The van der Waals surface area contributed by atoms with Crippen LogP contribution in [0.2, 0.25) is 0 Å². The van der Waals surface area contributed by atoms with Crippen molar-refractivity contribution in [3.63, 3.8) is 0 Å². The van der Waals surface area contributed by atoms with E-state index in [-0.39, 0.29) is 31.3 Å². The monoisotopic (exact) mass is 585 g/mol. The number of hydrogen-bond donors (Lipinski definition) is 1. The molecule has 4 aromatic rings. The van der Waals surface area contributed by atoms with Crippen LogP contribution in [0.1, 0.15) is 41.2 Å². The van der Waals surface area contributed by atoms with Gasteiger partial charge in [-0.15, -0.1) is 0 Å². The Morgan fingerprint density at radius 2 is 1.80 bits per heavy atom. The van der Waals surface area contributed by atoms with Gasteiger partial charge in [0.1, 0.15) is 17.0 Å². The standard InChI is InChI=1S/C27H34N6O7P/c1-6-38-41(36,39-7-2)40-22-10-8-19(9-11-22)12-13-32-25-23(15-20(26(28)34)16-24(25)37-5)29-27(32)33(35)17-21-14-18(3)30-31(21)4/h8-11,14-16H,6-7,12-13,17H2,1-5H3,(H2,28,34)/q-1. The van der Waals surface area contributed by atoms with Crippen LogP contribution in [0.4, 0.5) is 5.95 Å². The topological polar surface area (TPSA) is 159 Å². The number of primary amides is 1. The van der Waals surface area contributed by atoms with Gasteiger partial charge >= 0.3 is 7.82 Å². The minimum absolute atomic E-state index is 0.0113. The second-order valence-electron chi connectivity index (χ2n) is 9.18. The average Bonchev–Trinajstić information content (AvgIpc) is 3.46. The zero-order valence-corrected chi connectivity index (χ0v) is 24.6. The van der Waals surface area contributed by atoms with Crippen molar-refractivity contribution in [2.24, 2.45) is 12.8 Å². The number of nitrogens with two attached hydrogens (primary N) is 1. The van der Waals surface area contributed by atoms with Crippen LogP contribution >= 0.6 is 7.82 Å². The third kappa shape index (κ3) is 6.88. The Kier molecular flexibility index (Phi) is 9.34. The minimum atomic E-state index is -3.71. The lowest BCUT2D eigenvalue weighted by atomic mass is 10.1. The SMILES string of the molecule is CCOP(=O)(OCC)Oc1ccc(CCn2c(N([O-])Cc3cc(C)nn3C)nc3cc(C(N)=O)cc(OC)c32)cc1. The third-order valence-corrected chi connectivity index (χ3v) is 7.84. The van der Waals surface area contributed by atoms with Gasteiger partial charge in [0.2, 0.25) is 5.91 Å². The molecule has 4 rings (SSSR count). The maximum atomic E-state index is 13.5. The number of hydrogen-bond acceptors (Lipinski definition) is 10. The van der Waals surface area contributed by atoms with E-state index in [2.05, 4.69) is 10.1 Å². The average molecular weight is 586 g/mol. The number of hydroxylamine groups is 1. The van der Waals surface area contributed by atoms with Gasteiger partial charge in [-0.25, -0.2) is 9.55 Å². The first-order chi connectivity index (χ1) is 19.6. The molecular weight excluding hydrogens is 551 g/mol. The summed E-state index contributed by atoms with van der Waals surface area (Å²) in [5, 5.41) is 18.6. The highest BCUT2D eigenvalue weighted by Gasteiger charge is 2.27. The number of aromatic nitrogens is 4. The van der Waals surface area contributed by atoms with E-state index >= 15 is 0 Å². The minimum Gasteiger partial charge on any atom is -0.756 e. The number of ether oxygens (including phenoxy) is 1. The zero-order valence-electron chi connectivity index (χ0n) is 23.7. The molecule has 0 aliphatic heterocycles. The fraction of sp³-hybridized carbons (Fsp3) is 0.370. The van der Waals surface area contributed by atoms with Gasteiger partial charge in [0.05, 0.1) is 43.8 Å². The molecular formula is C27H34N6O7P-. The highest BCUT2D eigenvalue weighted by atomic mass is 31.2. The smallest absolute Gasteiger partial charge is 0.530 e. The number of imidazole rings is 1. The fourth-order valence-electron chi connectivity index (χ4n) is 4.44. The van der Waals surface area contributed by atoms with Gasteiger partial charge in [0, 0.05) is 19.2 Å². The number of amides is 1. The van der Waals surface area contributed by atoms with E-state index in [9.17, 15) is 14.6 Å². The predicted octanol–water partition coefficient (Wildman–Crippen LogP) is 4.49. The summed E-state index contributed by atoms with van der Waals surface area (Å²) in [6.07, 6.45) is 0.507. The molecule has 0 fully saturated rings. The van der Waals surface area contributed by atoms with Gasteiger partial charge in [0.15, 0.2) is 5.95 Å². The molecule has 13 nitrogen and oxygen atoms in total. The fourth-order valence-corrected chi connectivity index (χ4v) is 5.63. The lowest BCUT2D eigenvalue weighted by Gasteiger charge is -2.30. The number of phosphoric ester groups is 1. The van der Waals surface area contributed by atoms with E-state index < -0.39 is 13.7 Å². The number of rotatable bonds is 14. The molecule has 2 N–H and O–H groups in total. The number of carbonyl (C=O) groups is 1. The summed E-state index contributed by atoms with van der Waals surface area (Å²) in [6, 6.07) is 11.9. The van der Waals surface area contributed by atoms with Crippen LogP contribution in [-0.4, -0.2) is 45.6 Å². The number of anilines is 1. The number of methoxy groups -OCH3 is 1. The first-order valence-electron chi connectivity index (χ1n) is 13.1. The van der Waals surface area contributed by atoms with Crippen LogP contribution in [0, 0.1) is 12.1 Å². The number of fused-ring (bicyclic) bond motifs is 1. The van der Waals surface area contributed by atoms with Crippen LogP contribution in [0.15, 0.2) is 42.5 Å². The maximum absolute atomic E-state index is 13.5. The van der Waals surface area contributed by atoms with E-state index in [1.54, 1.807) is 48.3 Å².